The number of imidazole rings is 1. The maximum Gasteiger partial charge on any atom is 0.270 e. The first-order chi connectivity index (χ1) is 16.5. The third kappa shape index (κ3) is 5.19. The Hall–Kier alpha value is -3.34. The van der Waals surface area contributed by atoms with Gasteiger partial charge in [0.25, 0.3) is 11.6 Å². The molecule has 0 spiro atoms. The Morgan fingerprint density at radius 1 is 1.14 bits per heavy atom. The number of non-ortho nitro benzene ring substituents is 1. The van der Waals surface area contributed by atoms with Gasteiger partial charge in [0.2, 0.25) is 0 Å². The Kier molecular flexibility index (Phi) is 7.44. The Morgan fingerprint density at radius 3 is 2.74 bits per heavy atom. The van der Waals surface area contributed by atoms with Crippen molar-refractivity contribution >= 4 is 72.1 Å². The Bertz CT molecular complexity index is 1500. The van der Waals surface area contributed by atoms with Gasteiger partial charge in [0.05, 0.1) is 26.3 Å². The minimum absolute atomic E-state index is 0. The van der Waals surface area contributed by atoms with E-state index in [1.807, 2.05) is 16.8 Å². The average molecular weight is 528 g/mol. The number of nitro groups is 1. The molecule has 0 unspecified atom stereocenters. The fourth-order valence-corrected chi connectivity index (χ4v) is 5.84. The van der Waals surface area contributed by atoms with Crippen molar-refractivity contribution in [2.24, 2.45) is 0 Å². The second-order valence-corrected chi connectivity index (χ2v) is 9.95. The van der Waals surface area contributed by atoms with E-state index >= 15 is 0 Å². The molecule has 5 aromatic rings. The van der Waals surface area contributed by atoms with Gasteiger partial charge in [-0.2, -0.15) is 0 Å². The van der Waals surface area contributed by atoms with Crippen LogP contribution in [0.2, 0.25) is 0 Å². The van der Waals surface area contributed by atoms with Crippen molar-refractivity contribution in [3.05, 3.63) is 81.7 Å². The number of aromatic nitrogens is 3. The molecule has 3 aromatic heterocycles. The minimum atomic E-state index is -0.424. The topological polar surface area (TPSA) is 94.2 Å². The van der Waals surface area contributed by atoms with E-state index in [1.54, 1.807) is 29.6 Å². The number of nitrogens with zero attached hydrogens (tertiary/aromatic N) is 5. The van der Waals surface area contributed by atoms with Crippen molar-refractivity contribution in [3.63, 3.8) is 0 Å². The standard InChI is InChI=1S/C24H21N5O3S2.ClH/c1-2-16-4-6-19-21(12-16)34-24(26-19)28(10-3-9-27-11-8-25-15-27)23(30)22-14-17-13-18(29(31)32)5-7-20(17)33-22;/h4-8,11-15H,2-3,9-10H2,1H3;1H. The van der Waals surface area contributed by atoms with Crippen LogP contribution in [0, 0.1) is 10.1 Å². The molecular weight excluding hydrogens is 506 g/mol. The summed E-state index contributed by atoms with van der Waals surface area (Å²) in [5.74, 6) is -0.149. The van der Waals surface area contributed by atoms with Crippen LogP contribution in [-0.4, -0.2) is 31.9 Å². The van der Waals surface area contributed by atoms with Crippen molar-refractivity contribution < 1.29 is 9.72 Å². The minimum Gasteiger partial charge on any atom is -0.337 e. The number of benzene rings is 2. The van der Waals surface area contributed by atoms with Crippen LogP contribution in [0.1, 0.15) is 28.6 Å². The lowest BCUT2D eigenvalue weighted by Gasteiger charge is -2.19. The van der Waals surface area contributed by atoms with Crippen molar-refractivity contribution in [1.82, 2.24) is 14.5 Å². The van der Waals surface area contributed by atoms with Crippen molar-refractivity contribution in [3.8, 4) is 0 Å². The highest BCUT2D eigenvalue weighted by molar-refractivity contribution is 7.23. The lowest BCUT2D eigenvalue weighted by Crippen LogP contribution is -2.31. The molecule has 5 rings (SSSR count). The highest BCUT2D eigenvalue weighted by Crippen LogP contribution is 2.34. The number of hydrogen-bond acceptors (Lipinski definition) is 7. The molecular formula is C24H22ClN5O3S2. The van der Waals surface area contributed by atoms with Gasteiger partial charge >= 0.3 is 0 Å². The van der Waals surface area contributed by atoms with Gasteiger partial charge in [-0.3, -0.25) is 19.8 Å². The van der Waals surface area contributed by atoms with Gasteiger partial charge in [0, 0.05) is 47.7 Å². The molecule has 3 heterocycles. The summed E-state index contributed by atoms with van der Waals surface area (Å²) in [7, 11) is 0. The number of nitro benzene ring substituents is 1. The molecule has 0 radical (unpaired) electrons. The molecule has 1 amide bonds. The molecule has 0 saturated heterocycles. The molecule has 0 aliphatic heterocycles. The van der Waals surface area contributed by atoms with Crippen LogP contribution in [0.3, 0.4) is 0 Å². The molecule has 0 N–H and O–H groups in total. The smallest absolute Gasteiger partial charge is 0.270 e. The van der Waals surface area contributed by atoms with Gasteiger partial charge in [-0.15, -0.1) is 23.7 Å². The lowest BCUT2D eigenvalue weighted by atomic mass is 10.2. The van der Waals surface area contributed by atoms with E-state index < -0.39 is 4.92 Å². The summed E-state index contributed by atoms with van der Waals surface area (Å²) in [5, 5.41) is 12.5. The van der Waals surface area contributed by atoms with Gasteiger partial charge in [0.15, 0.2) is 5.13 Å². The zero-order valence-corrected chi connectivity index (χ0v) is 21.2. The molecule has 0 bridgehead atoms. The van der Waals surface area contributed by atoms with Crippen LogP contribution in [0.4, 0.5) is 10.8 Å². The molecule has 0 fully saturated rings. The maximum absolute atomic E-state index is 13.7. The number of halogens is 1. The molecule has 0 aliphatic carbocycles. The Labute approximate surface area is 215 Å². The number of hydrogen-bond donors (Lipinski definition) is 0. The largest absolute Gasteiger partial charge is 0.337 e. The SMILES string of the molecule is CCc1ccc2nc(N(CCCn3ccnc3)C(=O)c3cc4cc([N+](=O)[O-])ccc4s3)sc2c1.Cl. The van der Waals surface area contributed by atoms with Crippen LogP contribution in [0.15, 0.2) is 61.2 Å². The summed E-state index contributed by atoms with van der Waals surface area (Å²) in [6.07, 6.45) is 7.06. The van der Waals surface area contributed by atoms with E-state index in [0.717, 1.165) is 34.3 Å². The number of fused-ring (bicyclic) bond motifs is 2. The number of anilines is 1. The fourth-order valence-electron chi connectivity index (χ4n) is 3.79. The van der Waals surface area contributed by atoms with E-state index in [9.17, 15) is 14.9 Å². The van der Waals surface area contributed by atoms with Crippen LogP contribution in [0.25, 0.3) is 20.3 Å². The number of thiazole rings is 1. The van der Waals surface area contributed by atoms with Crippen LogP contribution < -0.4 is 4.90 Å². The molecule has 11 heteroatoms. The van der Waals surface area contributed by atoms with E-state index in [0.29, 0.717) is 21.9 Å². The highest BCUT2D eigenvalue weighted by atomic mass is 35.5. The summed E-state index contributed by atoms with van der Waals surface area (Å²) < 4.78 is 3.87. The number of amides is 1. The van der Waals surface area contributed by atoms with E-state index in [-0.39, 0.29) is 24.0 Å². The predicted molar refractivity (Wildman–Crippen MR) is 143 cm³/mol. The van der Waals surface area contributed by atoms with Gasteiger partial charge in [-0.25, -0.2) is 9.97 Å². The first-order valence-corrected chi connectivity index (χ1v) is 12.5. The van der Waals surface area contributed by atoms with Crippen molar-refractivity contribution in [1.29, 1.82) is 0 Å². The van der Waals surface area contributed by atoms with Crippen molar-refractivity contribution in [2.75, 3.05) is 11.4 Å². The van der Waals surface area contributed by atoms with Gasteiger partial charge in [-0.05, 0) is 42.7 Å². The first-order valence-electron chi connectivity index (χ1n) is 10.9. The Balaban J connectivity index is 0.00000289. The van der Waals surface area contributed by atoms with Crippen LogP contribution in [0.5, 0.6) is 0 Å². The number of thiophene rings is 1. The predicted octanol–water partition coefficient (Wildman–Crippen LogP) is 6.34. The van der Waals surface area contributed by atoms with E-state index in [1.165, 1.54) is 40.4 Å². The molecule has 35 heavy (non-hydrogen) atoms. The summed E-state index contributed by atoms with van der Waals surface area (Å²) in [5.41, 5.74) is 2.11. The third-order valence-corrected chi connectivity index (χ3v) is 7.75. The molecule has 0 atom stereocenters. The zero-order chi connectivity index (χ0) is 23.7. The summed E-state index contributed by atoms with van der Waals surface area (Å²) in [4.78, 5) is 35.5. The molecule has 8 nitrogen and oxygen atoms in total. The summed E-state index contributed by atoms with van der Waals surface area (Å²) in [6.45, 7) is 3.33. The number of rotatable bonds is 8. The van der Waals surface area contributed by atoms with Crippen molar-refractivity contribution in [2.45, 2.75) is 26.3 Å². The molecule has 0 saturated carbocycles. The summed E-state index contributed by atoms with van der Waals surface area (Å²) >= 11 is 2.85. The summed E-state index contributed by atoms with van der Waals surface area (Å²) in [6, 6.07) is 12.6. The molecule has 180 valence electrons. The van der Waals surface area contributed by atoms with Gasteiger partial charge in [0.1, 0.15) is 0 Å². The maximum atomic E-state index is 13.7. The second-order valence-electron chi connectivity index (χ2n) is 7.85. The van der Waals surface area contributed by atoms with Gasteiger partial charge < -0.3 is 4.57 Å². The van der Waals surface area contributed by atoms with Gasteiger partial charge in [-0.1, -0.05) is 24.3 Å². The van der Waals surface area contributed by atoms with E-state index in [2.05, 4.69) is 24.0 Å². The Morgan fingerprint density at radius 2 is 2.00 bits per heavy atom. The quantitative estimate of drug-likeness (QED) is 0.173. The average Bonchev–Trinajstić information content (AvgIpc) is 3.59. The number of aryl methyl sites for hydroxylation is 2. The fraction of sp³-hybridized carbons (Fsp3) is 0.208. The second kappa shape index (κ2) is 10.5. The zero-order valence-electron chi connectivity index (χ0n) is 18.8. The van der Waals surface area contributed by atoms with Crippen LogP contribution in [-0.2, 0) is 13.0 Å². The van der Waals surface area contributed by atoms with Crippen LogP contribution >= 0.6 is 35.1 Å². The molecule has 0 aliphatic rings. The number of carbonyl (C=O) groups is 1. The first kappa shape index (κ1) is 24.8. The number of carbonyl (C=O) groups excluding carboxylic acids is 1. The normalized spacial score (nSPS) is 11.0. The third-order valence-electron chi connectivity index (χ3n) is 5.60. The highest BCUT2D eigenvalue weighted by Gasteiger charge is 2.23. The monoisotopic (exact) mass is 527 g/mol. The lowest BCUT2D eigenvalue weighted by molar-refractivity contribution is -0.384. The molecule has 2 aromatic carbocycles. The van der Waals surface area contributed by atoms with E-state index in [4.69, 9.17) is 4.98 Å².